The molecule has 0 aromatic heterocycles. The Kier molecular flexibility index (Phi) is 6.36. The summed E-state index contributed by atoms with van der Waals surface area (Å²) in [5.41, 5.74) is 0. The second-order valence-electron chi connectivity index (χ2n) is 4.07. The Balaban J connectivity index is 1.85. The van der Waals surface area contributed by atoms with E-state index < -0.39 is 5.97 Å². The van der Waals surface area contributed by atoms with Gasteiger partial charge in [0.1, 0.15) is 0 Å². The van der Waals surface area contributed by atoms with Gasteiger partial charge in [-0.3, -0.25) is 4.79 Å². The van der Waals surface area contributed by atoms with Crippen LogP contribution in [0.1, 0.15) is 38.5 Å². The number of unbranched alkanes of at least 4 members (excludes halogenated alkanes) is 2. The van der Waals surface area contributed by atoms with Crippen LogP contribution in [0.5, 0.6) is 0 Å². The highest BCUT2D eigenvalue weighted by molar-refractivity contribution is 5.66. The molecule has 0 spiro atoms. The van der Waals surface area contributed by atoms with Crippen LogP contribution in [-0.2, 0) is 9.53 Å². The third kappa shape index (κ3) is 6.47. The Hall–Kier alpha value is -0.610. The lowest BCUT2D eigenvalue weighted by Gasteiger charge is -2.23. The number of carboxylic acid groups (broad SMARTS) is 1. The van der Waals surface area contributed by atoms with Crippen LogP contribution in [0, 0.1) is 0 Å². The average molecular weight is 215 g/mol. The summed E-state index contributed by atoms with van der Waals surface area (Å²) in [6, 6.07) is 0.512. The molecular weight excluding hydrogens is 194 g/mol. The number of carboxylic acids is 1. The maximum Gasteiger partial charge on any atom is 0.303 e. The molecule has 0 radical (unpaired) electrons. The molecule has 2 N–H and O–H groups in total. The van der Waals surface area contributed by atoms with Gasteiger partial charge in [-0.2, -0.15) is 0 Å². The summed E-state index contributed by atoms with van der Waals surface area (Å²) in [5, 5.41) is 11.9. The van der Waals surface area contributed by atoms with Crippen molar-refractivity contribution in [1.82, 2.24) is 5.32 Å². The zero-order valence-electron chi connectivity index (χ0n) is 9.21. The second kappa shape index (κ2) is 7.65. The third-order valence-electron chi connectivity index (χ3n) is 2.66. The topological polar surface area (TPSA) is 58.6 Å². The number of nitrogens with one attached hydrogen (secondary N) is 1. The Bertz CT molecular complexity index is 179. The summed E-state index contributed by atoms with van der Waals surface area (Å²) >= 11 is 0. The van der Waals surface area contributed by atoms with Gasteiger partial charge in [-0.1, -0.05) is 6.42 Å². The number of rotatable bonds is 7. The molecule has 0 aromatic rings. The monoisotopic (exact) mass is 215 g/mol. The van der Waals surface area contributed by atoms with Crippen molar-refractivity contribution in [3.63, 3.8) is 0 Å². The highest BCUT2D eigenvalue weighted by atomic mass is 16.5. The van der Waals surface area contributed by atoms with Crippen molar-refractivity contribution in [3.05, 3.63) is 0 Å². The molecule has 0 saturated carbocycles. The van der Waals surface area contributed by atoms with E-state index in [1.807, 2.05) is 0 Å². The van der Waals surface area contributed by atoms with E-state index in [1.165, 1.54) is 6.42 Å². The van der Waals surface area contributed by atoms with Crippen molar-refractivity contribution in [3.8, 4) is 0 Å². The molecule has 0 amide bonds. The van der Waals surface area contributed by atoms with Gasteiger partial charge in [-0.25, -0.2) is 0 Å². The zero-order valence-corrected chi connectivity index (χ0v) is 9.21. The highest BCUT2D eigenvalue weighted by Crippen LogP contribution is 2.06. The van der Waals surface area contributed by atoms with Crippen molar-refractivity contribution in [2.75, 3.05) is 19.8 Å². The maximum atomic E-state index is 10.2. The van der Waals surface area contributed by atoms with Crippen LogP contribution in [0.3, 0.4) is 0 Å². The van der Waals surface area contributed by atoms with Crippen LogP contribution in [-0.4, -0.2) is 36.9 Å². The molecule has 0 aliphatic carbocycles. The van der Waals surface area contributed by atoms with Gasteiger partial charge >= 0.3 is 5.97 Å². The summed E-state index contributed by atoms with van der Waals surface area (Å²) in [5.74, 6) is -0.691. The lowest BCUT2D eigenvalue weighted by Crippen LogP contribution is -2.37. The third-order valence-corrected chi connectivity index (χ3v) is 2.66. The molecule has 1 unspecified atom stereocenters. The predicted octanol–water partition coefficient (Wildman–Crippen LogP) is 1.40. The highest BCUT2D eigenvalue weighted by Gasteiger charge is 2.11. The Labute approximate surface area is 91.0 Å². The lowest BCUT2D eigenvalue weighted by atomic mass is 10.1. The number of hydrogen-bond donors (Lipinski definition) is 2. The molecule has 1 heterocycles. The summed E-state index contributed by atoms with van der Waals surface area (Å²) in [7, 11) is 0. The fourth-order valence-electron chi connectivity index (χ4n) is 1.79. The largest absolute Gasteiger partial charge is 0.481 e. The van der Waals surface area contributed by atoms with Gasteiger partial charge in [0.2, 0.25) is 0 Å². The van der Waals surface area contributed by atoms with Crippen molar-refractivity contribution in [2.24, 2.45) is 0 Å². The normalized spacial score (nSPS) is 21.5. The summed E-state index contributed by atoms with van der Waals surface area (Å²) in [6.45, 7) is 2.71. The minimum atomic E-state index is -0.691. The first-order chi connectivity index (χ1) is 7.29. The van der Waals surface area contributed by atoms with Gasteiger partial charge < -0.3 is 15.2 Å². The predicted molar refractivity (Wildman–Crippen MR) is 57.9 cm³/mol. The Morgan fingerprint density at radius 2 is 2.27 bits per heavy atom. The van der Waals surface area contributed by atoms with Gasteiger partial charge in [0.25, 0.3) is 0 Å². The zero-order chi connectivity index (χ0) is 10.9. The van der Waals surface area contributed by atoms with Crippen LogP contribution in [0.15, 0.2) is 0 Å². The summed E-state index contributed by atoms with van der Waals surface area (Å²) in [6.07, 6.45) is 5.49. The molecule has 0 bridgehead atoms. The molecule has 1 saturated heterocycles. The SMILES string of the molecule is O=C(O)CCCCCNC1CCCOC1. The van der Waals surface area contributed by atoms with E-state index in [4.69, 9.17) is 9.84 Å². The molecule has 1 aliphatic heterocycles. The van der Waals surface area contributed by atoms with Crippen molar-refractivity contribution in [1.29, 1.82) is 0 Å². The van der Waals surface area contributed by atoms with Gasteiger partial charge in [-0.15, -0.1) is 0 Å². The molecule has 1 aliphatic rings. The second-order valence-corrected chi connectivity index (χ2v) is 4.07. The molecule has 4 nitrogen and oxygen atoms in total. The fraction of sp³-hybridized carbons (Fsp3) is 0.909. The van der Waals surface area contributed by atoms with E-state index in [0.29, 0.717) is 12.5 Å². The molecule has 0 aromatic carbocycles. The first-order valence-electron chi connectivity index (χ1n) is 5.82. The molecule has 1 fully saturated rings. The Morgan fingerprint density at radius 1 is 1.40 bits per heavy atom. The number of carbonyl (C=O) groups is 1. The minimum absolute atomic E-state index is 0.298. The molecule has 1 rings (SSSR count). The van der Waals surface area contributed by atoms with E-state index in [2.05, 4.69) is 5.32 Å². The average Bonchev–Trinajstić information content (AvgIpc) is 2.24. The Morgan fingerprint density at radius 3 is 2.93 bits per heavy atom. The maximum absolute atomic E-state index is 10.2. The standard InChI is InChI=1S/C11H21NO3/c13-11(14)6-2-1-3-7-12-10-5-4-8-15-9-10/h10,12H,1-9H2,(H,13,14). The molecule has 4 heteroatoms. The van der Waals surface area contributed by atoms with Crippen molar-refractivity contribution in [2.45, 2.75) is 44.6 Å². The molecular formula is C11H21NO3. The summed E-state index contributed by atoms with van der Waals surface area (Å²) < 4.78 is 5.35. The molecule has 88 valence electrons. The quantitative estimate of drug-likeness (QED) is 0.630. The van der Waals surface area contributed by atoms with Gasteiger partial charge in [0.15, 0.2) is 0 Å². The molecule has 15 heavy (non-hydrogen) atoms. The smallest absolute Gasteiger partial charge is 0.303 e. The van der Waals surface area contributed by atoms with Crippen LogP contribution >= 0.6 is 0 Å². The molecule has 1 atom stereocenters. The van der Waals surface area contributed by atoms with Gasteiger partial charge in [-0.05, 0) is 32.2 Å². The van der Waals surface area contributed by atoms with Crippen molar-refractivity contribution < 1.29 is 14.6 Å². The fourth-order valence-corrected chi connectivity index (χ4v) is 1.79. The van der Waals surface area contributed by atoms with E-state index in [9.17, 15) is 4.79 Å². The first-order valence-corrected chi connectivity index (χ1v) is 5.82. The van der Waals surface area contributed by atoms with Crippen LogP contribution in [0.25, 0.3) is 0 Å². The number of ether oxygens (including phenoxy) is 1. The first kappa shape index (κ1) is 12.5. The van der Waals surface area contributed by atoms with Crippen molar-refractivity contribution >= 4 is 5.97 Å². The number of aliphatic carboxylic acids is 1. The summed E-state index contributed by atoms with van der Waals surface area (Å²) in [4.78, 5) is 10.2. The van der Waals surface area contributed by atoms with E-state index >= 15 is 0 Å². The van der Waals surface area contributed by atoms with Gasteiger partial charge in [0, 0.05) is 19.1 Å². The van der Waals surface area contributed by atoms with E-state index in [-0.39, 0.29) is 0 Å². The van der Waals surface area contributed by atoms with Crippen LogP contribution in [0.2, 0.25) is 0 Å². The van der Waals surface area contributed by atoms with Crippen LogP contribution < -0.4 is 5.32 Å². The van der Waals surface area contributed by atoms with E-state index in [0.717, 1.165) is 45.4 Å². The number of hydrogen-bond acceptors (Lipinski definition) is 3. The van der Waals surface area contributed by atoms with Gasteiger partial charge in [0.05, 0.1) is 6.61 Å². The lowest BCUT2D eigenvalue weighted by molar-refractivity contribution is -0.137. The van der Waals surface area contributed by atoms with E-state index in [1.54, 1.807) is 0 Å². The minimum Gasteiger partial charge on any atom is -0.481 e. The van der Waals surface area contributed by atoms with Crippen LogP contribution in [0.4, 0.5) is 0 Å².